The number of hydrogen-bond acceptors (Lipinski definition) is 3. The van der Waals surface area contributed by atoms with E-state index in [0.29, 0.717) is 25.2 Å². The minimum atomic E-state index is -0.794. The second-order valence-electron chi connectivity index (χ2n) is 9.68. The SMILES string of the molecule is CCC1(CCC(=O)O)CC2CC(C)(CCC(=O)O)CC(CCC(=O)O)(C2)C1. The lowest BCUT2D eigenvalue weighted by atomic mass is 9.46. The first-order valence-electron chi connectivity index (χ1n) is 10.2. The van der Waals surface area contributed by atoms with Gasteiger partial charge in [0.25, 0.3) is 0 Å². The van der Waals surface area contributed by atoms with Crippen LogP contribution in [-0.4, -0.2) is 33.2 Å². The lowest BCUT2D eigenvalue weighted by Gasteiger charge is -2.59. The van der Waals surface area contributed by atoms with Crippen LogP contribution in [0.1, 0.15) is 90.9 Å². The third-order valence-electron chi connectivity index (χ3n) is 7.21. The molecule has 0 spiro atoms. The smallest absolute Gasteiger partial charge is 0.303 e. The molecule has 0 radical (unpaired) electrons. The Morgan fingerprint density at radius 2 is 1.37 bits per heavy atom. The van der Waals surface area contributed by atoms with Gasteiger partial charge in [-0.3, -0.25) is 14.4 Å². The Morgan fingerprint density at radius 1 is 0.815 bits per heavy atom. The third kappa shape index (κ3) is 5.69. The number of rotatable bonds is 10. The van der Waals surface area contributed by atoms with Crippen LogP contribution in [0.2, 0.25) is 0 Å². The molecule has 2 fully saturated rings. The first-order valence-corrected chi connectivity index (χ1v) is 10.2. The third-order valence-corrected chi connectivity index (χ3v) is 7.21. The van der Waals surface area contributed by atoms with Crippen molar-refractivity contribution in [3.63, 3.8) is 0 Å². The first-order chi connectivity index (χ1) is 12.5. The Labute approximate surface area is 161 Å². The van der Waals surface area contributed by atoms with Gasteiger partial charge in [0.15, 0.2) is 0 Å². The minimum absolute atomic E-state index is 0.0338. The maximum atomic E-state index is 11.3. The Bertz CT molecular complexity index is 585. The Hall–Kier alpha value is -1.59. The van der Waals surface area contributed by atoms with E-state index in [2.05, 4.69) is 13.8 Å². The highest BCUT2D eigenvalue weighted by Crippen LogP contribution is 2.64. The summed E-state index contributed by atoms with van der Waals surface area (Å²) in [6.07, 6.45) is 7.90. The van der Waals surface area contributed by atoms with Crippen LogP contribution in [0.3, 0.4) is 0 Å². The minimum Gasteiger partial charge on any atom is -0.481 e. The normalized spacial score (nSPS) is 35.6. The van der Waals surface area contributed by atoms with Gasteiger partial charge in [0.05, 0.1) is 0 Å². The topological polar surface area (TPSA) is 112 Å². The molecule has 0 aromatic carbocycles. The lowest BCUT2D eigenvalue weighted by Crippen LogP contribution is -2.48. The van der Waals surface area contributed by atoms with Gasteiger partial charge in [-0.05, 0) is 73.5 Å². The second-order valence-corrected chi connectivity index (χ2v) is 9.68. The van der Waals surface area contributed by atoms with E-state index in [0.717, 1.165) is 38.5 Å². The van der Waals surface area contributed by atoms with E-state index >= 15 is 0 Å². The predicted molar refractivity (Wildman–Crippen MR) is 100 cm³/mol. The summed E-state index contributed by atoms with van der Waals surface area (Å²) in [5, 5.41) is 27.5. The second kappa shape index (κ2) is 8.19. The van der Waals surface area contributed by atoms with Crippen LogP contribution in [0.25, 0.3) is 0 Å². The fourth-order valence-electron chi connectivity index (χ4n) is 6.45. The molecule has 6 nitrogen and oxygen atoms in total. The van der Waals surface area contributed by atoms with Gasteiger partial charge in [-0.2, -0.15) is 0 Å². The number of carbonyl (C=O) groups is 3. The van der Waals surface area contributed by atoms with Gasteiger partial charge in [0, 0.05) is 19.3 Å². The monoisotopic (exact) mass is 382 g/mol. The highest BCUT2D eigenvalue weighted by Gasteiger charge is 2.54. The van der Waals surface area contributed by atoms with E-state index in [-0.39, 0.29) is 35.5 Å². The zero-order chi connectivity index (χ0) is 20.3. The van der Waals surface area contributed by atoms with Crippen molar-refractivity contribution in [1.29, 1.82) is 0 Å². The van der Waals surface area contributed by atoms with Gasteiger partial charge in [0.2, 0.25) is 0 Å². The number of aliphatic carboxylic acids is 3. The molecule has 4 atom stereocenters. The fraction of sp³-hybridized carbons (Fsp3) is 0.857. The van der Waals surface area contributed by atoms with Gasteiger partial charge in [-0.15, -0.1) is 0 Å². The van der Waals surface area contributed by atoms with Crippen LogP contribution < -0.4 is 0 Å². The number of hydrogen-bond donors (Lipinski definition) is 3. The van der Waals surface area contributed by atoms with E-state index in [1.807, 2.05) is 0 Å². The van der Waals surface area contributed by atoms with E-state index in [1.54, 1.807) is 0 Å². The predicted octanol–water partition coefficient (Wildman–Crippen LogP) is 4.56. The van der Waals surface area contributed by atoms with E-state index < -0.39 is 17.9 Å². The van der Waals surface area contributed by atoms with Crippen molar-refractivity contribution < 1.29 is 29.7 Å². The van der Waals surface area contributed by atoms with E-state index in [1.165, 1.54) is 0 Å². The van der Waals surface area contributed by atoms with Crippen molar-refractivity contribution in [3.05, 3.63) is 0 Å². The summed E-state index contributed by atoms with van der Waals surface area (Å²) < 4.78 is 0. The molecule has 2 saturated carbocycles. The zero-order valence-corrected chi connectivity index (χ0v) is 16.6. The molecule has 2 aliphatic rings. The molecule has 0 aliphatic heterocycles. The van der Waals surface area contributed by atoms with Gasteiger partial charge in [0.1, 0.15) is 0 Å². The van der Waals surface area contributed by atoms with Crippen molar-refractivity contribution in [2.45, 2.75) is 90.9 Å². The van der Waals surface area contributed by atoms with Crippen LogP contribution in [0.15, 0.2) is 0 Å². The number of carboxylic acid groups (broad SMARTS) is 3. The first kappa shape index (κ1) is 21.7. The zero-order valence-electron chi connectivity index (χ0n) is 16.6. The molecule has 6 heteroatoms. The molecule has 2 rings (SSSR count). The summed E-state index contributed by atoms with van der Waals surface area (Å²) in [4.78, 5) is 33.5. The quantitative estimate of drug-likeness (QED) is 0.510. The van der Waals surface area contributed by atoms with Gasteiger partial charge < -0.3 is 15.3 Å². The number of fused-ring (bicyclic) bond motifs is 2. The van der Waals surface area contributed by atoms with Crippen LogP contribution >= 0.6 is 0 Å². The van der Waals surface area contributed by atoms with Crippen molar-refractivity contribution in [1.82, 2.24) is 0 Å². The molecule has 2 bridgehead atoms. The van der Waals surface area contributed by atoms with Crippen LogP contribution in [-0.2, 0) is 14.4 Å². The molecule has 4 unspecified atom stereocenters. The van der Waals surface area contributed by atoms with Gasteiger partial charge in [-0.25, -0.2) is 0 Å². The highest BCUT2D eigenvalue weighted by atomic mass is 16.4. The average Bonchev–Trinajstić information content (AvgIpc) is 2.56. The maximum absolute atomic E-state index is 11.3. The summed E-state index contributed by atoms with van der Waals surface area (Å²) in [6, 6.07) is 0. The van der Waals surface area contributed by atoms with Crippen molar-refractivity contribution in [3.8, 4) is 0 Å². The molecule has 0 aromatic heterocycles. The van der Waals surface area contributed by atoms with Crippen LogP contribution in [0.5, 0.6) is 0 Å². The average molecular weight is 382 g/mol. The molecule has 27 heavy (non-hydrogen) atoms. The van der Waals surface area contributed by atoms with Gasteiger partial charge in [-0.1, -0.05) is 20.3 Å². The number of carboxylic acids is 3. The summed E-state index contributed by atoms with van der Waals surface area (Å²) in [6.45, 7) is 4.28. The molecule has 2 aliphatic carbocycles. The summed E-state index contributed by atoms with van der Waals surface area (Å²) in [7, 11) is 0. The lowest BCUT2D eigenvalue weighted by molar-refractivity contribution is -0.141. The summed E-state index contributed by atoms with van der Waals surface area (Å²) in [5.41, 5.74) is -0.220. The van der Waals surface area contributed by atoms with Crippen LogP contribution in [0, 0.1) is 22.2 Å². The molecular formula is C21H34O6. The van der Waals surface area contributed by atoms with Gasteiger partial charge >= 0.3 is 17.9 Å². The van der Waals surface area contributed by atoms with E-state index in [9.17, 15) is 19.5 Å². The van der Waals surface area contributed by atoms with E-state index in [4.69, 9.17) is 10.2 Å². The Balaban J connectivity index is 2.26. The summed E-state index contributed by atoms with van der Waals surface area (Å²) in [5.74, 6) is -1.92. The molecule has 0 amide bonds. The largest absolute Gasteiger partial charge is 0.481 e. The Kier molecular flexibility index (Phi) is 6.59. The molecular weight excluding hydrogens is 348 g/mol. The van der Waals surface area contributed by atoms with Crippen molar-refractivity contribution in [2.75, 3.05) is 0 Å². The standard InChI is InChI=1S/C21H34O6/c1-3-20(8-5-17(24)25)11-15-10-19(2,7-4-16(22)23)13-21(12-15,14-20)9-6-18(26)27/h15H,3-14H2,1-2H3,(H,22,23)(H,24,25)(H,26,27). The summed E-state index contributed by atoms with van der Waals surface area (Å²) >= 11 is 0. The Morgan fingerprint density at radius 3 is 1.93 bits per heavy atom. The highest BCUT2D eigenvalue weighted by molar-refractivity contribution is 5.67. The molecule has 0 saturated heterocycles. The molecule has 3 N–H and O–H groups in total. The molecule has 0 aromatic rings. The maximum Gasteiger partial charge on any atom is 0.303 e. The fourth-order valence-corrected chi connectivity index (χ4v) is 6.45. The van der Waals surface area contributed by atoms with Crippen molar-refractivity contribution in [2.24, 2.45) is 22.2 Å². The van der Waals surface area contributed by atoms with Crippen molar-refractivity contribution >= 4 is 17.9 Å². The molecule has 154 valence electrons. The van der Waals surface area contributed by atoms with Crippen LogP contribution in [0.4, 0.5) is 0 Å². The molecule has 0 heterocycles.